The largest absolute Gasteiger partial charge is 0.449 e. The normalized spacial score (nSPS) is 31.1. The molecule has 27 heavy (non-hydrogen) atoms. The summed E-state index contributed by atoms with van der Waals surface area (Å²) in [6.07, 6.45) is 8.37. The summed E-state index contributed by atoms with van der Waals surface area (Å²) in [4.78, 5) is 16.8. The van der Waals surface area contributed by atoms with Crippen LogP contribution < -0.4 is 4.90 Å². The Labute approximate surface area is 160 Å². The zero-order valence-corrected chi connectivity index (χ0v) is 15.9. The predicted molar refractivity (Wildman–Crippen MR) is 105 cm³/mol. The summed E-state index contributed by atoms with van der Waals surface area (Å²) in [7, 11) is 4.06. The van der Waals surface area contributed by atoms with Crippen molar-refractivity contribution in [1.29, 1.82) is 0 Å². The van der Waals surface area contributed by atoms with Crippen LogP contribution in [0.4, 0.5) is 5.69 Å². The number of nitrogens with zero attached hydrogens (tertiary/aromatic N) is 2. The lowest BCUT2D eigenvalue weighted by molar-refractivity contribution is -0.148. The van der Waals surface area contributed by atoms with Gasteiger partial charge in [0.05, 0.1) is 6.04 Å². The van der Waals surface area contributed by atoms with E-state index in [1.807, 2.05) is 26.2 Å². The number of piperidine rings is 1. The summed E-state index contributed by atoms with van der Waals surface area (Å²) in [6, 6.07) is 8.88. The molecule has 1 aliphatic carbocycles. The van der Waals surface area contributed by atoms with Crippen molar-refractivity contribution in [2.45, 2.75) is 43.4 Å². The van der Waals surface area contributed by atoms with Gasteiger partial charge in [0.2, 0.25) is 0 Å². The highest BCUT2D eigenvalue weighted by molar-refractivity contribution is 5.90. The van der Waals surface area contributed by atoms with Crippen molar-refractivity contribution >= 4 is 11.7 Å². The number of benzene rings is 1. The van der Waals surface area contributed by atoms with Gasteiger partial charge in [0.25, 0.3) is 0 Å². The number of ether oxygens (including phenoxy) is 1. The third-order valence-electron chi connectivity index (χ3n) is 6.40. The molecule has 138 valence electrons. The number of carbonyl (C=O) groups excluding carboxylic acids is 1. The Morgan fingerprint density at radius 1 is 1.19 bits per heavy atom. The molecule has 2 bridgehead atoms. The number of carbonyl (C=O) groups is 1. The first-order chi connectivity index (χ1) is 13.1. The lowest BCUT2D eigenvalue weighted by atomic mass is 9.77. The second kappa shape index (κ2) is 6.00. The van der Waals surface area contributed by atoms with E-state index in [9.17, 15) is 4.79 Å². The minimum atomic E-state index is -0.463. The van der Waals surface area contributed by atoms with Gasteiger partial charge in [-0.1, -0.05) is 24.3 Å². The molecule has 0 saturated carbocycles. The molecule has 4 aliphatic rings. The van der Waals surface area contributed by atoms with Crippen molar-refractivity contribution < 1.29 is 9.53 Å². The lowest BCUT2D eigenvalue weighted by Gasteiger charge is -2.38. The van der Waals surface area contributed by atoms with Gasteiger partial charge in [-0.05, 0) is 43.7 Å². The zero-order chi connectivity index (χ0) is 18.6. The van der Waals surface area contributed by atoms with Crippen molar-refractivity contribution in [3.05, 3.63) is 53.1 Å². The summed E-state index contributed by atoms with van der Waals surface area (Å²) in [5.74, 6) is 6.44. The van der Waals surface area contributed by atoms with Crippen molar-refractivity contribution in [3.63, 3.8) is 0 Å². The van der Waals surface area contributed by atoms with E-state index in [0.717, 1.165) is 41.8 Å². The Morgan fingerprint density at radius 2 is 2.00 bits per heavy atom. The quantitative estimate of drug-likeness (QED) is 0.570. The van der Waals surface area contributed by atoms with Gasteiger partial charge in [0, 0.05) is 55.0 Å². The number of fused-ring (bicyclic) bond motifs is 3. The van der Waals surface area contributed by atoms with Crippen molar-refractivity contribution in [1.82, 2.24) is 4.90 Å². The summed E-state index contributed by atoms with van der Waals surface area (Å²) < 4.78 is 5.95. The van der Waals surface area contributed by atoms with Crippen molar-refractivity contribution in [2.75, 3.05) is 25.5 Å². The van der Waals surface area contributed by atoms with Gasteiger partial charge in [-0.15, -0.1) is 0 Å². The fraction of sp³-hybridized carbons (Fsp3) is 0.435. The van der Waals surface area contributed by atoms with Gasteiger partial charge in [-0.3, -0.25) is 4.90 Å². The molecule has 3 aliphatic heterocycles. The van der Waals surface area contributed by atoms with Gasteiger partial charge in [0.15, 0.2) is 5.60 Å². The molecule has 4 heteroatoms. The highest BCUT2D eigenvalue weighted by Gasteiger charge is 2.61. The van der Waals surface area contributed by atoms with Crippen LogP contribution in [-0.4, -0.2) is 49.2 Å². The van der Waals surface area contributed by atoms with Gasteiger partial charge in [-0.25, -0.2) is 4.79 Å². The van der Waals surface area contributed by atoms with Crippen LogP contribution in [0.15, 0.2) is 47.6 Å². The van der Waals surface area contributed by atoms with Crippen LogP contribution in [0.1, 0.15) is 31.2 Å². The monoisotopic (exact) mass is 360 g/mol. The smallest absolute Gasteiger partial charge is 0.332 e. The molecule has 3 heterocycles. The predicted octanol–water partition coefficient (Wildman–Crippen LogP) is 2.89. The first-order valence-corrected chi connectivity index (χ1v) is 9.79. The summed E-state index contributed by atoms with van der Waals surface area (Å²) in [5, 5.41) is 0. The molecule has 1 aromatic carbocycles. The van der Waals surface area contributed by atoms with Gasteiger partial charge >= 0.3 is 5.97 Å². The fourth-order valence-corrected chi connectivity index (χ4v) is 5.15. The van der Waals surface area contributed by atoms with E-state index in [2.05, 4.69) is 39.8 Å². The third-order valence-corrected chi connectivity index (χ3v) is 6.40. The zero-order valence-electron chi connectivity index (χ0n) is 15.9. The van der Waals surface area contributed by atoms with E-state index in [1.165, 1.54) is 12.8 Å². The molecule has 2 saturated heterocycles. The first-order valence-electron chi connectivity index (χ1n) is 9.79. The maximum absolute atomic E-state index is 12.2. The Morgan fingerprint density at radius 3 is 2.78 bits per heavy atom. The van der Waals surface area contributed by atoms with E-state index in [4.69, 9.17) is 4.74 Å². The molecule has 2 fully saturated rings. The molecule has 1 spiro atoms. The molecule has 0 N–H and O–H groups in total. The minimum Gasteiger partial charge on any atom is -0.449 e. The Hall–Kier alpha value is -2.51. The number of anilines is 1. The molecule has 5 rings (SSSR count). The Bertz CT molecular complexity index is 916. The third kappa shape index (κ3) is 2.53. The Balaban J connectivity index is 1.50. The van der Waals surface area contributed by atoms with E-state index >= 15 is 0 Å². The number of rotatable bonds is 1. The second-order valence-electron chi connectivity index (χ2n) is 8.16. The highest BCUT2D eigenvalue weighted by atomic mass is 16.6. The van der Waals surface area contributed by atoms with Crippen LogP contribution >= 0.6 is 0 Å². The average molecular weight is 360 g/mol. The summed E-state index contributed by atoms with van der Waals surface area (Å²) in [6.45, 7) is 1.09. The minimum absolute atomic E-state index is 0.207. The number of esters is 1. The van der Waals surface area contributed by atoms with Crippen LogP contribution in [-0.2, 0) is 9.53 Å². The molecule has 0 aromatic heterocycles. The fourth-order valence-electron chi connectivity index (χ4n) is 5.15. The summed E-state index contributed by atoms with van der Waals surface area (Å²) in [5.41, 5.74) is 3.66. The molecule has 4 nitrogen and oxygen atoms in total. The second-order valence-corrected chi connectivity index (χ2v) is 8.16. The molecule has 0 amide bonds. The topological polar surface area (TPSA) is 32.8 Å². The van der Waals surface area contributed by atoms with E-state index < -0.39 is 5.60 Å². The number of hydrogen-bond donors (Lipinski definition) is 0. The van der Waals surface area contributed by atoms with Crippen molar-refractivity contribution in [2.24, 2.45) is 0 Å². The van der Waals surface area contributed by atoms with Gasteiger partial charge in [-0.2, -0.15) is 0 Å². The average Bonchev–Trinajstić information content (AvgIpc) is 3.15. The Kier molecular flexibility index (Phi) is 3.70. The maximum Gasteiger partial charge on any atom is 0.332 e. The highest BCUT2D eigenvalue weighted by Crippen LogP contribution is 2.53. The standard InChI is InChI=1S/C23H24N2O2/c1-24(2)18-10-7-16(8-11-18)6-9-17-13-19-15-23(20(17)14-22(26)27-23)21-5-3-4-12-25(19)21/h7-8,10-11,13-14,19,21H,3-5,12,15H2,1-2H3/t19-,21?,23+/m1/s1. The molecule has 1 unspecified atom stereocenters. The van der Waals surface area contributed by atoms with Crippen LogP contribution in [0, 0.1) is 11.8 Å². The molecule has 1 aromatic rings. The van der Waals surface area contributed by atoms with Gasteiger partial charge < -0.3 is 9.64 Å². The maximum atomic E-state index is 12.2. The number of hydrogen-bond acceptors (Lipinski definition) is 4. The van der Waals surface area contributed by atoms with Crippen molar-refractivity contribution in [3.8, 4) is 11.8 Å². The van der Waals surface area contributed by atoms with E-state index in [0.29, 0.717) is 12.1 Å². The van der Waals surface area contributed by atoms with E-state index in [1.54, 1.807) is 6.08 Å². The molecule has 0 radical (unpaired) electrons. The van der Waals surface area contributed by atoms with Gasteiger partial charge in [0.1, 0.15) is 0 Å². The first kappa shape index (κ1) is 16.6. The SMILES string of the molecule is CN(C)c1ccc(C#CC2=C[C@@H]3C[C@@]4(OC(=O)C=C24)C2CCCCN23)cc1. The van der Waals surface area contributed by atoms with Crippen LogP contribution in [0.25, 0.3) is 0 Å². The van der Waals surface area contributed by atoms with E-state index in [-0.39, 0.29) is 5.97 Å². The molecular weight excluding hydrogens is 336 g/mol. The van der Waals surface area contributed by atoms with Crippen LogP contribution in [0.2, 0.25) is 0 Å². The lowest BCUT2D eigenvalue weighted by Crippen LogP contribution is -2.48. The van der Waals surface area contributed by atoms with Crippen LogP contribution in [0.3, 0.4) is 0 Å². The van der Waals surface area contributed by atoms with Crippen LogP contribution in [0.5, 0.6) is 0 Å². The summed E-state index contributed by atoms with van der Waals surface area (Å²) >= 11 is 0. The molecular formula is C23H24N2O2. The molecule has 3 atom stereocenters.